The minimum Gasteiger partial charge on any atom is -0.381 e. The number of ether oxygens (including phenoxy) is 1. The third kappa shape index (κ3) is 105. The van der Waals surface area contributed by atoms with Crippen molar-refractivity contribution in [2.75, 3.05) is 32.8 Å². The Labute approximate surface area is 520 Å². The van der Waals surface area contributed by atoms with Crippen molar-refractivity contribution in [1.82, 2.24) is 16.0 Å². The topological polar surface area (TPSA) is 148 Å². The average Bonchev–Trinajstić information content (AvgIpc) is 3.14. The van der Waals surface area contributed by atoms with Crippen molar-refractivity contribution in [2.24, 2.45) is 65.0 Å². The van der Waals surface area contributed by atoms with Crippen molar-refractivity contribution in [3.8, 4) is 0 Å². The third-order valence-corrected chi connectivity index (χ3v) is 10.8. The SMILES string of the molecule is C.CC(C)(C)CC(C)(C)C.CC(C)(C)CCC(=O)CC(C)(C)C.CC(C)(C)CCOCCC(C)(C)C.CC(C)(C)CNC(=O)CC(C)(C)C.CC(C)(C)CNC(=O)CCC(=O)CC(C)(C)C.CC(C)(C)CNC(=O)CCC(=O)CC(C)(C)C. The maximum atomic E-state index is 11.6. The molecule has 10 heteroatoms. The number of Topliss-reactive ketones (excluding diaryl/α,β-unsaturated/α-hetero) is 3. The molecule has 0 atom stereocenters. The van der Waals surface area contributed by atoms with Crippen LogP contribution in [-0.2, 0) is 33.5 Å². The van der Waals surface area contributed by atoms with E-state index < -0.39 is 0 Å². The second-order valence-electron chi connectivity index (χ2n) is 38.2. The van der Waals surface area contributed by atoms with Crippen LogP contribution in [0.4, 0.5) is 0 Å². The zero-order valence-electron chi connectivity index (χ0n) is 62.1. The fourth-order valence-corrected chi connectivity index (χ4v) is 7.32. The second-order valence-corrected chi connectivity index (χ2v) is 38.2. The molecule has 3 N–H and O–H groups in total. The smallest absolute Gasteiger partial charge is 0.220 e. The first-order valence-electron chi connectivity index (χ1n) is 31.5. The van der Waals surface area contributed by atoms with E-state index in [1.165, 1.54) is 6.42 Å². The Bertz CT molecular complexity index is 1610. The lowest BCUT2D eigenvalue weighted by Gasteiger charge is -2.28. The molecule has 0 bridgehead atoms. The third-order valence-electron chi connectivity index (χ3n) is 10.8. The molecule has 0 unspecified atom stereocenters. The average molecular weight is 1180 g/mol. The molecule has 0 aromatic carbocycles. The number of carbonyl (C=O) groups excluding carboxylic acids is 6. The van der Waals surface area contributed by atoms with Crippen LogP contribution in [0.2, 0.25) is 0 Å². The zero-order chi connectivity index (χ0) is 67.0. The van der Waals surface area contributed by atoms with Gasteiger partial charge in [0, 0.05) is 90.6 Å². The van der Waals surface area contributed by atoms with Crippen LogP contribution in [0.5, 0.6) is 0 Å². The van der Waals surface area contributed by atoms with Gasteiger partial charge in [-0.1, -0.05) is 257 Å². The van der Waals surface area contributed by atoms with Gasteiger partial charge in [0.2, 0.25) is 17.7 Å². The van der Waals surface area contributed by atoms with E-state index in [2.05, 4.69) is 224 Å². The summed E-state index contributed by atoms with van der Waals surface area (Å²) in [5.41, 5.74) is 2.67. The first kappa shape index (κ1) is 94.1. The molecular formula is C73H151N3O7. The molecule has 83 heavy (non-hydrogen) atoms. The van der Waals surface area contributed by atoms with Gasteiger partial charge in [-0.25, -0.2) is 0 Å². The van der Waals surface area contributed by atoms with Crippen LogP contribution in [0.3, 0.4) is 0 Å². The Morgan fingerprint density at radius 1 is 0.253 bits per heavy atom. The molecule has 0 aliphatic rings. The number of amides is 3. The Morgan fingerprint density at radius 2 is 0.482 bits per heavy atom. The predicted molar refractivity (Wildman–Crippen MR) is 365 cm³/mol. The van der Waals surface area contributed by atoms with E-state index in [-0.39, 0.29) is 80.0 Å². The highest BCUT2D eigenvalue weighted by Gasteiger charge is 2.23. The van der Waals surface area contributed by atoms with Gasteiger partial charge in [-0.2, -0.15) is 0 Å². The summed E-state index contributed by atoms with van der Waals surface area (Å²) in [6.45, 7) is 81.1. The van der Waals surface area contributed by atoms with E-state index >= 15 is 0 Å². The van der Waals surface area contributed by atoms with Crippen molar-refractivity contribution >= 4 is 35.1 Å². The van der Waals surface area contributed by atoms with Crippen LogP contribution in [0.15, 0.2) is 0 Å². The maximum Gasteiger partial charge on any atom is 0.220 e. The number of hydrogen-bond donors (Lipinski definition) is 3. The summed E-state index contributed by atoms with van der Waals surface area (Å²) < 4.78 is 5.59. The normalized spacial score (nSPS) is 12.7. The molecule has 0 aliphatic heterocycles. The number of ketones is 3. The number of nitrogens with one attached hydrogen (secondary N) is 3. The molecule has 0 heterocycles. The molecule has 10 nitrogen and oxygen atoms in total. The molecule has 0 saturated carbocycles. The maximum absolute atomic E-state index is 11.6. The van der Waals surface area contributed by atoms with E-state index in [1.54, 1.807) is 0 Å². The van der Waals surface area contributed by atoms with Crippen molar-refractivity contribution in [3.63, 3.8) is 0 Å². The Balaban J connectivity index is -0.000000168. The summed E-state index contributed by atoms with van der Waals surface area (Å²) in [6, 6.07) is 0. The minimum absolute atomic E-state index is 0. The van der Waals surface area contributed by atoms with Gasteiger partial charge in [0.05, 0.1) is 0 Å². The highest BCUT2D eigenvalue weighted by molar-refractivity contribution is 5.86. The molecule has 3 amide bonds. The molecule has 0 aliphatic carbocycles. The summed E-state index contributed by atoms with van der Waals surface area (Å²) in [5.74, 6) is 0.848. The second kappa shape index (κ2) is 40.8. The van der Waals surface area contributed by atoms with E-state index in [9.17, 15) is 28.8 Å². The summed E-state index contributed by atoms with van der Waals surface area (Å²) in [7, 11) is 0. The quantitative estimate of drug-likeness (QED) is 0.109. The van der Waals surface area contributed by atoms with Crippen LogP contribution in [-0.4, -0.2) is 67.9 Å². The van der Waals surface area contributed by atoms with Crippen LogP contribution in [0.1, 0.15) is 340 Å². The van der Waals surface area contributed by atoms with Crippen LogP contribution >= 0.6 is 0 Å². The van der Waals surface area contributed by atoms with Gasteiger partial charge < -0.3 is 20.7 Å². The van der Waals surface area contributed by atoms with Crippen LogP contribution in [0.25, 0.3) is 0 Å². The largest absolute Gasteiger partial charge is 0.381 e. The predicted octanol–water partition coefficient (Wildman–Crippen LogP) is 20.3. The first-order chi connectivity index (χ1) is 35.6. The number of rotatable bonds is 19. The first-order valence-corrected chi connectivity index (χ1v) is 31.5. The molecule has 0 radical (unpaired) electrons. The van der Waals surface area contributed by atoms with Gasteiger partial charge in [-0.15, -0.1) is 0 Å². The fourth-order valence-electron chi connectivity index (χ4n) is 7.32. The van der Waals surface area contributed by atoms with E-state index in [4.69, 9.17) is 4.74 Å². The lowest BCUT2D eigenvalue weighted by atomic mass is 9.78. The highest BCUT2D eigenvalue weighted by atomic mass is 16.5. The molecule has 0 saturated heterocycles. The van der Waals surface area contributed by atoms with Gasteiger partial charge in [0.15, 0.2) is 0 Å². The minimum atomic E-state index is -0.0258. The van der Waals surface area contributed by atoms with Gasteiger partial charge >= 0.3 is 0 Å². The standard InChI is InChI=1S/2C14H27NO2.C12H26O.C12H24O.C11H23NO.C9H20.CH4/c2*1-13(2,3)9-11(16)7-8-12(17)15-10-14(4,5)6;1-11(2,3)7-9-13-10-8-12(4,5)6;1-11(2,3)8-7-10(13)9-12(4,5)6;1-10(2,3)7-9(13)12-8-11(4,5)6;1-8(2,3)7-9(4,5)6;/h2*7-10H2,1-6H3,(H,15,17);7-10H2,1-6H3;7-9H2,1-6H3;7-8H2,1-6H3,(H,12,13);7H2,1-6H3;1H4. The van der Waals surface area contributed by atoms with Gasteiger partial charge in [0.1, 0.15) is 17.3 Å². The lowest BCUT2D eigenvalue weighted by molar-refractivity contribution is -0.126. The van der Waals surface area contributed by atoms with Crippen LogP contribution in [0, 0.1) is 65.0 Å². The van der Waals surface area contributed by atoms with Crippen molar-refractivity contribution < 1.29 is 33.5 Å². The van der Waals surface area contributed by atoms with Crippen molar-refractivity contribution in [2.45, 2.75) is 340 Å². The number of hydrogen-bond acceptors (Lipinski definition) is 7. The van der Waals surface area contributed by atoms with E-state index in [0.717, 1.165) is 45.4 Å². The van der Waals surface area contributed by atoms with Crippen molar-refractivity contribution in [1.29, 1.82) is 0 Å². The van der Waals surface area contributed by atoms with E-state index in [0.29, 0.717) is 91.9 Å². The fraction of sp³-hybridized carbons (Fsp3) is 0.918. The molecule has 500 valence electrons. The molecule has 0 aromatic heterocycles. The summed E-state index contributed by atoms with van der Waals surface area (Å²) in [4.78, 5) is 69.1. The Hall–Kier alpha value is -2.62. The highest BCUT2D eigenvalue weighted by Crippen LogP contribution is 2.32. The monoisotopic (exact) mass is 1180 g/mol. The van der Waals surface area contributed by atoms with Gasteiger partial charge in [-0.05, 0) is 90.7 Å². The zero-order valence-corrected chi connectivity index (χ0v) is 62.1. The Morgan fingerprint density at radius 3 is 0.675 bits per heavy atom. The summed E-state index contributed by atoms with van der Waals surface area (Å²) >= 11 is 0. The molecule has 0 fully saturated rings. The molecule has 0 spiro atoms. The molecule has 0 aromatic rings. The Kier molecular flexibility index (Phi) is 46.2. The summed E-state index contributed by atoms with van der Waals surface area (Å²) in [6.07, 6.45) is 9.05. The summed E-state index contributed by atoms with van der Waals surface area (Å²) in [5, 5.41) is 8.64. The van der Waals surface area contributed by atoms with Crippen LogP contribution < -0.4 is 16.0 Å². The lowest BCUT2D eigenvalue weighted by Crippen LogP contribution is -2.34. The van der Waals surface area contributed by atoms with Crippen molar-refractivity contribution in [3.05, 3.63) is 0 Å². The molecule has 0 rings (SSSR count). The van der Waals surface area contributed by atoms with Gasteiger partial charge in [-0.3, -0.25) is 28.8 Å². The number of carbonyl (C=O) groups is 6. The van der Waals surface area contributed by atoms with E-state index in [1.807, 2.05) is 41.5 Å². The molecular weight excluding hydrogens is 1030 g/mol. The van der Waals surface area contributed by atoms with Gasteiger partial charge in [0.25, 0.3) is 0 Å².